The molecule has 7 nitrogen and oxygen atoms in total. The van der Waals surface area contributed by atoms with Crippen molar-refractivity contribution < 1.29 is 13.9 Å². The van der Waals surface area contributed by atoms with Gasteiger partial charge >= 0.3 is 5.97 Å². The number of benzene rings is 2. The molecule has 0 aliphatic carbocycles. The Labute approximate surface area is 155 Å². The maximum absolute atomic E-state index is 12.7. The SMILES string of the molecule is Cc1nnc(COC(=O)c2cn(-c3ccccc3)nc2-c2ccccc2)o1. The van der Waals surface area contributed by atoms with Gasteiger partial charge in [0.05, 0.1) is 5.69 Å². The highest BCUT2D eigenvalue weighted by atomic mass is 16.5. The summed E-state index contributed by atoms with van der Waals surface area (Å²) < 4.78 is 12.3. The second kappa shape index (κ2) is 7.25. The summed E-state index contributed by atoms with van der Waals surface area (Å²) in [5.74, 6) is 0.160. The number of hydrogen-bond acceptors (Lipinski definition) is 6. The Morgan fingerprint density at radius 2 is 1.74 bits per heavy atom. The van der Waals surface area contributed by atoms with Crippen LogP contribution in [0.2, 0.25) is 0 Å². The fourth-order valence-electron chi connectivity index (χ4n) is 2.65. The lowest BCUT2D eigenvalue weighted by Crippen LogP contribution is -2.06. The van der Waals surface area contributed by atoms with E-state index < -0.39 is 5.97 Å². The number of carbonyl (C=O) groups excluding carboxylic acids is 1. The second-order valence-electron chi connectivity index (χ2n) is 5.83. The Hall–Kier alpha value is -3.74. The van der Waals surface area contributed by atoms with Gasteiger partial charge in [0.2, 0.25) is 5.89 Å². The van der Waals surface area contributed by atoms with E-state index in [1.54, 1.807) is 17.8 Å². The number of hydrogen-bond donors (Lipinski definition) is 0. The highest BCUT2D eigenvalue weighted by molar-refractivity contribution is 5.96. The van der Waals surface area contributed by atoms with Crippen molar-refractivity contribution in [1.82, 2.24) is 20.0 Å². The average Bonchev–Trinajstić information content (AvgIpc) is 3.34. The third-order valence-corrected chi connectivity index (χ3v) is 3.90. The van der Waals surface area contributed by atoms with Gasteiger partial charge in [-0.05, 0) is 12.1 Å². The maximum Gasteiger partial charge on any atom is 0.342 e. The summed E-state index contributed by atoms with van der Waals surface area (Å²) in [4.78, 5) is 12.7. The van der Waals surface area contributed by atoms with Crippen LogP contribution in [0.1, 0.15) is 22.1 Å². The van der Waals surface area contributed by atoms with Crippen molar-refractivity contribution in [3.05, 3.63) is 84.2 Å². The Morgan fingerprint density at radius 1 is 1.04 bits per heavy atom. The number of ether oxygens (including phenoxy) is 1. The first-order valence-electron chi connectivity index (χ1n) is 8.37. The van der Waals surface area contributed by atoms with Crippen molar-refractivity contribution in [1.29, 1.82) is 0 Å². The van der Waals surface area contributed by atoms with Gasteiger partial charge < -0.3 is 9.15 Å². The minimum Gasteiger partial charge on any atom is -0.452 e. The van der Waals surface area contributed by atoms with E-state index in [4.69, 9.17) is 9.15 Å². The summed E-state index contributed by atoms with van der Waals surface area (Å²) >= 11 is 0. The first-order chi connectivity index (χ1) is 13.2. The minimum atomic E-state index is -0.508. The van der Waals surface area contributed by atoms with Crippen molar-refractivity contribution in [3.8, 4) is 16.9 Å². The average molecular weight is 360 g/mol. The van der Waals surface area contributed by atoms with Gasteiger partial charge in [-0.3, -0.25) is 0 Å². The molecule has 0 saturated heterocycles. The van der Waals surface area contributed by atoms with E-state index in [1.165, 1.54) is 0 Å². The molecule has 27 heavy (non-hydrogen) atoms. The smallest absolute Gasteiger partial charge is 0.342 e. The Balaban J connectivity index is 1.67. The van der Waals surface area contributed by atoms with Gasteiger partial charge in [0, 0.05) is 18.7 Å². The van der Waals surface area contributed by atoms with Crippen molar-refractivity contribution in [2.45, 2.75) is 13.5 Å². The first kappa shape index (κ1) is 16.7. The van der Waals surface area contributed by atoms with E-state index >= 15 is 0 Å². The van der Waals surface area contributed by atoms with Crippen LogP contribution in [0.15, 0.2) is 71.3 Å². The van der Waals surface area contributed by atoms with E-state index in [2.05, 4.69) is 15.3 Å². The Kier molecular flexibility index (Phi) is 4.49. The van der Waals surface area contributed by atoms with Crippen LogP contribution in [-0.4, -0.2) is 25.9 Å². The largest absolute Gasteiger partial charge is 0.452 e. The summed E-state index contributed by atoms with van der Waals surface area (Å²) in [6, 6.07) is 19.1. The molecule has 0 unspecified atom stereocenters. The third-order valence-electron chi connectivity index (χ3n) is 3.90. The van der Waals surface area contributed by atoms with Gasteiger partial charge in [-0.15, -0.1) is 10.2 Å². The molecule has 0 amide bonds. The fourth-order valence-corrected chi connectivity index (χ4v) is 2.65. The van der Waals surface area contributed by atoms with E-state index in [0.29, 0.717) is 17.1 Å². The van der Waals surface area contributed by atoms with E-state index in [0.717, 1.165) is 11.3 Å². The standard InChI is InChI=1S/C20H16N4O3/c1-14-21-22-18(27-14)13-26-20(25)17-12-24(16-10-6-3-7-11-16)23-19(17)15-8-4-2-5-9-15/h2-12H,13H2,1H3. The molecule has 0 saturated carbocycles. The van der Waals surface area contributed by atoms with Crippen molar-refractivity contribution >= 4 is 5.97 Å². The van der Waals surface area contributed by atoms with E-state index in [9.17, 15) is 4.79 Å². The number of aryl methyl sites for hydroxylation is 1. The first-order valence-corrected chi connectivity index (χ1v) is 8.37. The van der Waals surface area contributed by atoms with E-state index in [-0.39, 0.29) is 12.5 Å². The molecule has 0 bridgehead atoms. The molecule has 0 atom stereocenters. The van der Waals surface area contributed by atoms with Crippen molar-refractivity contribution in [2.24, 2.45) is 0 Å². The number of rotatable bonds is 5. The lowest BCUT2D eigenvalue weighted by Gasteiger charge is -2.02. The normalized spacial score (nSPS) is 10.7. The minimum absolute atomic E-state index is 0.0928. The van der Waals surface area contributed by atoms with E-state index in [1.807, 2.05) is 60.7 Å². The summed E-state index contributed by atoms with van der Waals surface area (Å²) in [5.41, 5.74) is 2.58. The van der Waals surface area contributed by atoms with Crippen molar-refractivity contribution in [2.75, 3.05) is 0 Å². The molecule has 0 aliphatic rings. The lowest BCUT2D eigenvalue weighted by atomic mass is 10.1. The maximum atomic E-state index is 12.7. The zero-order valence-corrected chi connectivity index (χ0v) is 14.6. The molecule has 2 aromatic heterocycles. The molecular formula is C20H16N4O3. The Bertz CT molecular complexity index is 1060. The van der Waals surface area contributed by atoms with Crippen LogP contribution in [0.25, 0.3) is 16.9 Å². The van der Waals surface area contributed by atoms with Gasteiger partial charge in [-0.2, -0.15) is 5.10 Å². The van der Waals surface area contributed by atoms with Crippen LogP contribution in [0, 0.1) is 6.92 Å². The fraction of sp³-hybridized carbons (Fsp3) is 0.100. The van der Waals surface area contributed by atoms with Gasteiger partial charge in [-0.25, -0.2) is 9.48 Å². The number of para-hydroxylation sites is 1. The molecule has 134 valence electrons. The lowest BCUT2D eigenvalue weighted by molar-refractivity contribution is 0.0437. The molecular weight excluding hydrogens is 344 g/mol. The summed E-state index contributed by atoms with van der Waals surface area (Å²) in [5, 5.41) is 12.1. The molecule has 0 aliphatic heterocycles. The van der Waals surface area contributed by atoms with Crippen LogP contribution in [0.4, 0.5) is 0 Å². The molecule has 2 aromatic carbocycles. The zero-order valence-electron chi connectivity index (χ0n) is 14.6. The van der Waals surface area contributed by atoms with Gasteiger partial charge in [-0.1, -0.05) is 48.5 Å². The van der Waals surface area contributed by atoms with Gasteiger partial charge in [0.1, 0.15) is 11.3 Å². The van der Waals surface area contributed by atoms with Crippen LogP contribution in [0.3, 0.4) is 0 Å². The summed E-state index contributed by atoms with van der Waals surface area (Å²) in [6.45, 7) is 1.58. The highest BCUT2D eigenvalue weighted by Gasteiger charge is 2.20. The number of esters is 1. The summed E-state index contributed by atoms with van der Waals surface area (Å²) in [6.07, 6.45) is 1.67. The number of aromatic nitrogens is 4. The van der Waals surface area contributed by atoms with Crippen LogP contribution < -0.4 is 0 Å². The quantitative estimate of drug-likeness (QED) is 0.506. The van der Waals surface area contributed by atoms with Crippen molar-refractivity contribution in [3.63, 3.8) is 0 Å². The predicted molar refractivity (Wildman–Crippen MR) is 97.2 cm³/mol. The predicted octanol–water partition coefficient (Wildman–Crippen LogP) is 3.59. The second-order valence-corrected chi connectivity index (χ2v) is 5.83. The van der Waals surface area contributed by atoms with Gasteiger partial charge in [0.15, 0.2) is 6.61 Å². The number of carbonyl (C=O) groups is 1. The molecule has 2 heterocycles. The topological polar surface area (TPSA) is 83.0 Å². The highest BCUT2D eigenvalue weighted by Crippen LogP contribution is 2.24. The molecule has 0 fully saturated rings. The monoisotopic (exact) mass is 360 g/mol. The molecule has 4 rings (SSSR count). The van der Waals surface area contributed by atoms with Crippen LogP contribution in [-0.2, 0) is 11.3 Å². The number of nitrogens with zero attached hydrogens (tertiary/aromatic N) is 4. The Morgan fingerprint density at radius 3 is 2.41 bits per heavy atom. The van der Waals surface area contributed by atoms with Crippen LogP contribution >= 0.6 is 0 Å². The third kappa shape index (κ3) is 3.62. The zero-order chi connectivity index (χ0) is 18.6. The molecule has 7 heteroatoms. The molecule has 4 aromatic rings. The summed E-state index contributed by atoms with van der Waals surface area (Å²) in [7, 11) is 0. The van der Waals surface area contributed by atoms with Gasteiger partial charge in [0.25, 0.3) is 5.89 Å². The van der Waals surface area contributed by atoms with Crippen LogP contribution in [0.5, 0.6) is 0 Å². The molecule has 0 radical (unpaired) electrons. The molecule has 0 spiro atoms. The molecule has 0 N–H and O–H groups in total.